The number of nitrogens with zero attached hydrogens (tertiary/aromatic N) is 2. The van der Waals surface area contributed by atoms with Gasteiger partial charge in [0.2, 0.25) is 0 Å². The van der Waals surface area contributed by atoms with Crippen molar-refractivity contribution in [1.82, 2.24) is 4.98 Å². The molecule has 0 radical (unpaired) electrons. The van der Waals surface area contributed by atoms with Crippen LogP contribution in [0, 0.1) is 12.7 Å². The van der Waals surface area contributed by atoms with E-state index in [-0.39, 0.29) is 21.1 Å². The molecule has 2 aromatic carbocycles. The van der Waals surface area contributed by atoms with Gasteiger partial charge in [-0.15, -0.1) is 0 Å². The van der Waals surface area contributed by atoms with E-state index in [2.05, 4.69) is 4.98 Å². The number of aryl methyl sites for hydroxylation is 1. The van der Waals surface area contributed by atoms with Gasteiger partial charge < -0.3 is 9.84 Å². The number of Topliss-reactive ketones (excluding diaryl/α,β-unsaturated/α-hetero) is 1. The summed E-state index contributed by atoms with van der Waals surface area (Å²) in [6.45, 7) is 1.57. The zero-order valence-electron chi connectivity index (χ0n) is 17.3. The molecule has 1 fully saturated rings. The fourth-order valence-corrected chi connectivity index (χ4v) is 4.66. The molecule has 1 aliphatic rings. The van der Waals surface area contributed by atoms with Gasteiger partial charge in [-0.05, 0) is 48.9 Å². The van der Waals surface area contributed by atoms with Crippen molar-refractivity contribution in [3.05, 3.63) is 86.6 Å². The first-order valence-electron chi connectivity index (χ1n) is 9.61. The standard InChI is InChI=1S/C23H16ClFN2O5S/c1-11-20(22(31)32-2)33-23(26-11)27-17(12-5-9-15(25)10-6-12)16(19(29)21(27)30)18(28)13-3-7-14(24)8-4-13/h3-10,17,28H,1-2H3/t17-/m0/s1. The summed E-state index contributed by atoms with van der Waals surface area (Å²) in [5.74, 6) is -3.43. The van der Waals surface area contributed by atoms with E-state index in [0.29, 0.717) is 16.3 Å². The monoisotopic (exact) mass is 486 g/mol. The number of esters is 1. The van der Waals surface area contributed by atoms with E-state index in [9.17, 15) is 23.9 Å². The van der Waals surface area contributed by atoms with Crippen molar-refractivity contribution in [2.45, 2.75) is 13.0 Å². The van der Waals surface area contributed by atoms with Gasteiger partial charge in [0.05, 0.1) is 24.4 Å². The molecule has 0 aliphatic carbocycles. The molecule has 7 nitrogen and oxygen atoms in total. The number of halogens is 2. The molecule has 0 saturated carbocycles. The van der Waals surface area contributed by atoms with Crippen molar-refractivity contribution in [2.75, 3.05) is 12.0 Å². The molecule has 0 bridgehead atoms. The maximum Gasteiger partial charge on any atom is 0.350 e. The highest BCUT2D eigenvalue weighted by atomic mass is 35.5. The predicted molar refractivity (Wildman–Crippen MR) is 121 cm³/mol. The number of aliphatic hydroxyl groups is 1. The number of carbonyl (C=O) groups excluding carboxylic acids is 3. The average Bonchev–Trinajstić information content (AvgIpc) is 3.31. The Labute approximate surface area is 196 Å². The van der Waals surface area contributed by atoms with Gasteiger partial charge in [0.15, 0.2) is 5.13 Å². The van der Waals surface area contributed by atoms with Crippen LogP contribution in [0.4, 0.5) is 9.52 Å². The van der Waals surface area contributed by atoms with E-state index in [0.717, 1.165) is 16.2 Å². The Morgan fingerprint density at radius 2 is 1.79 bits per heavy atom. The van der Waals surface area contributed by atoms with Crippen LogP contribution in [0.1, 0.15) is 32.5 Å². The predicted octanol–water partition coefficient (Wildman–Crippen LogP) is 4.66. The van der Waals surface area contributed by atoms with Crippen molar-refractivity contribution >= 4 is 51.5 Å². The number of hydrogen-bond acceptors (Lipinski definition) is 7. The molecule has 168 valence electrons. The van der Waals surface area contributed by atoms with Crippen molar-refractivity contribution < 1.29 is 28.6 Å². The summed E-state index contributed by atoms with van der Waals surface area (Å²) in [6, 6.07) is 10.2. The average molecular weight is 487 g/mol. The van der Waals surface area contributed by atoms with Gasteiger partial charge >= 0.3 is 11.9 Å². The fraction of sp³-hybridized carbons (Fsp3) is 0.130. The summed E-state index contributed by atoms with van der Waals surface area (Å²) in [7, 11) is 1.22. The molecule has 4 rings (SSSR count). The Hall–Kier alpha value is -3.56. The van der Waals surface area contributed by atoms with E-state index in [1.54, 1.807) is 6.92 Å². The minimum Gasteiger partial charge on any atom is -0.507 e. The summed E-state index contributed by atoms with van der Waals surface area (Å²) >= 11 is 6.80. The summed E-state index contributed by atoms with van der Waals surface area (Å²) in [6.07, 6.45) is 0. The number of ketones is 1. The molecule has 2 heterocycles. The van der Waals surface area contributed by atoms with Gasteiger partial charge in [0.25, 0.3) is 5.78 Å². The zero-order chi connectivity index (χ0) is 23.9. The van der Waals surface area contributed by atoms with Crippen LogP contribution in [0.2, 0.25) is 5.02 Å². The van der Waals surface area contributed by atoms with Crippen LogP contribution in [0.3, 0.4) is 0 Å². The van der Waals surface area contributed by atoms with Crippen molar-refractivity contribution in [2.24, 2.45) is 0 Å². The summed E-state index contributed by atoms with van der Waals surface area (Å²) < 4.78 is 18.4. The number of hydrogen-bond donors (Lipinski definition) is 1. The van der Waals surface area contributed by atoms with Crippen LogP contribution < -0.4 is 4.90 Å². The Kier molecular flexibility index (Phi) is 6.01. The van der Waals surface area contributed by atoms with Gasteiger partial charge in [0, 0.05) is 10.6 Å². The lowest BCUT2D eigenvalue weighted by Gasteiger charge is -2.23. The van der Waals surface area contributed by atoms with Gasteiger partial charge in [-0.3, -0.25) is 14.5 Å². The third-order valence-electron chi connectivity index (χ3n) is 5.11. The second-order valence-electron chi connectivity index (χ2n) is 7.13. The molecule has 1 N–H and O–H groups in total. The normalized spacial score (nSPS) is 17.5. The van der Waals surface area contributed by atoms with Crippen molar-refractivity contribution in [3.8, 4) is 0 Å². The highest BCUT2D eigenvalue weighted by molar-refractivity contribution is 7.17. The van der Waals surface area contributed by atoms with Crippen LogP contribution in [0.5, 0.6) is 0 Å². The Morgan fingerprint density at radius 1 is 1.15 bits per heavy atom. The second kappa shape index (κ2) is 8.76. The molecule has 1 atom stereocenters. The lowest BCUT2D eigenvalue weighted by atomic mass is 9.95. The van der Waals surface area contributed by atoms with Crippen LogP contribution in [0.15, 0.2) is 54.1 Å². The van der Waals surface area contributed by atoms with Crippen LogP contribution in [0.25, 0.3) is 5.76 Å². The van der Waals surface area contributed by atoms with E-state index in [1.807, 2.05) is 0 Å². The Bertz CT molecular complexity index is 1300. The number of anilines is 1. The molecule has 1 amide bonds. The summed E-state index contributed by atoms with van der Waals surface area (Å²) in [4.78, 5) is 43.8. The molecule has 0 unspecified atom stereocenters. The van der Waals surface area contributed by atoms with Gasteiger partial charge in [0.1, 0.15) is 16.5 Å². The van der Waals surface area contributed by atoms with E-state index >= 15 is 0 Å². The lowest BCUT2D eigenvalue weighted by Crippen LogP contribution is -2.29. The molecular weight excluding hydrogens is 471 g/mol. The molecule has 33 heavy (non-hydrogen) atoms. The molecule has 1 aromatic heterocycles. The van der Waals surface area contributed by atoms with Crippen LogP contribution in [-0.4, -0.2) is 34.9 Å². The Balaban J connectivity index is 1.93. The SMILES string of the molecule is COC(=O)c1sc(N2C(=O)C(=O)C(=C(O)c3ccc(Cl)cc3)[C@@H]2c2ccc(F)cc2)nc1C. The lowest BCUT2D eigenvalue weighted by molar-refractivity contribution is -0.132. The number of methoxy groups -OCH3 is 1. The first kappa shape index (κ1) is 22.6. The highest BCUT2D eigenvalue weighted by Crippen LogP contribution is 2.44. The van der Waals surface area contributed by atoms with Crippen LogP contribution in [-0.2, 0) is 14.3 Å². The number of carbonyl (C=O) groups is 3. The number of amides is 1. The minimum atomic E-state index is -1.10. The summed E-state index contributed by atoms with van der Waals surface area (Å²) in [5.41, 5.74) is 0.773. The molecule has 1 saturated heterocycles. The van der Waals surface area contributed by atoms with Gasteiger partial charge in [-0.25, -0.2) is 14.2 Å². The number of aliphatic hydroxyl groups excluding tert-OH is 1. The van der Waals surface area contributed by atoms with Crippen molar-refractivity contribution in [3.63, 3.8) is 0 Å². The summed E-state index contributed by atoms with van der Waals surface area (Å²) in [5, 5.41) is 11.5. The van der Waals surface area contributed by atoms with E-state index in [1.165, 1.54) is 55.6 Å². The van der Waals surface area contributed by atoms with Gasteiger partial charge in [-0.2, -0.15) is 0 Å². The van der Waals surface area contributed by atoms with Crippen molar-refractivity contribution in [1.29, 1.82) is 0 Å². The van der Waals surface area contributed by atoms with E-state index in [4.69, 9.17) is 16.3 Å². The maximum atomic E-state index is 13.6. The third kappa shape index (κ3) is 4.01. The van der Waals surface area contributed by atoms with Crippen LogP contribution >= 0.6 is 22.9 Å². The Morgan fingerprint density at radius 3 is 2.39 bits per heavy atom. The smallest absolute Gasteiger partial charge is 0.350 e. The number of thiazole rings is 1. The largest absolute Gasteiger partial charge is 0.507 e. The third-order valence-corrected chi connectivity index (χ3v) is 6.50. The van der Waals surface area contributed by atoms with E-state index < -0.39 is 35.3 Å². The molecule has 1 aliphatic heterocycles. The number of benzene rings is 2. The number of rotatable bonds is 4. The minimum absolute atomic E-state index is 0.0690. The number of ether oxygens (including phenoxy) is 1. The second-order valence-corrected chi connectivity index (χ2v) is 8.54. The zero-order valence-corrected chi connectivity index (χ0v) is 18.9. The number of aromatic nitrogens is 1. The molecule has 10 heteroatoms. The molecular formula is C23H16ClFN2O5S. The molecule has 3 aromatic rings. The topological polar surface area (TPSA) is 96.8 Å². The molecule has 0 spiro atoms. The quantitative estimate of drug-likeness (QED) is 0.249. The first-order valence-corrected chi connectivity index (χ1v) is 10.8. The highest BCUT2D eigenvalue weighted by Gasteiger charge is 2.48. The van der Waals surface area contributed by atoms with Gasteiger partial charge in [-0.1, -0.05) is 35.1 Å². The fourth-order valence-electron chi connectivity index (χ4n) is 3.52. The first-order chi connectivity index (χ1) is 15.7. The maximum absolute atomic E-state index is 13.6.